The first-order valence-electron chi connectivity index (χ1n) is 6.50. The molecule has 3 aliphatic heterocycles. The summed E-state index contributed by atoms with van der Waals surface area (Å²) in [5.41, 5.74) is 3.64. The van der Waals surface area contributed by atoms with Crippen LogP contribution in [0, 0.1) is 5.92 Å². The van der Waals surface area contributed by atoms with E-state index < -0.39 is 0 Å². The van der Waals surface area contributed by atoms with Crippen LogP contribution in [-0.2, 0) is 21.4 Å². The number of hydrogen-bond acceptors (Lipinski definition) is 3. The summed E-state index contributed by atoms with van der Waals surface area (Å²) in [7, 11) is 0. The molecule has 0 aliphatic carbocycles. The second kappa shape index (κ2) is 3.56. The number of anilines is 1. The van der Waals surface area contributed by atoms with Gasteiger partial charge in [0.05, 0.1) is 19.6 Å². The molecule has 1 amide bonds. The molecule has 0 spiro atoms. The molecule has 0 atom stereocenters. The van der Waals surface area contributed by atoms with Crippen molar-refractivity contribution < 1.29 is 9.53 Å². The molecule has 1 aromatic rings. The fraction of sp³-hybridized carbons (Fsp3) is 0.500. The molecule has 1 aromatic carbocycles. The first kappa shape index (κ1) is 10.5. The lowest BCUT2D eigenvalue weighted by Crippen LogP contribution is -2.62. The molecule has 0 radical (unpaired) electrons. The Balaban J connectivity index is 1.72. The second-order valence-corrected chi connectivity index (χ2v) is 5.60. The smallest absolute Gasteiger partial charge is 0.228 e. The Morgan fingerprint density at radius 2 is 2.11 bits per heavy atom. The van der Waals surface area contributed by atoms with Crippen LogP contribution in [0.2, 0.25) is 0 Å². The number of fused-ring (bicyclic) bond motifs is 1. The molecule has 18 heavy (non-hydrogen) atoms. The second-order valence-electron chi connectivity index (χ2n) is 5.60. The standard InChI is InChI=1S/C14H16N2O2/c17-13-4-9-3-10(1-2-12(9)16-13)14(7-18-8-14)11-5-15-6-11/h1-3,11,15H,4-8H2,(H,16,17). The summed E-state index contributed by atoms with van der Waals surface area (Å²) in [4.78, 5) is 11.4. The van der Waals surface area contributed by atoms with Crippen LogP contribution < -0.4 is 10.6 Å². The normalized spacial score (nSPS) is 25.0. The molecular weight excluding hydrogens is 228 g/mol. The molecule has 3 heterocycles. The molecule has 2 N–H and O–H groups in total. The first-order chi connectivity index (χ1) is 8.78. The number of rotatable bonds is 2. The lowest BCUT2D eigenvalue weighted by Gasteiger charge is -2.51. The van der Waals surface area contributed by atoms with Crippen molar-refractivity contribution in [3.8, 4) is 0 Å². The molecular formula is C14H16N2O2. The third-order valence-electron chi connectivity index (χ3n) is 4.59. The maximum absolute atomic E-state index is 11.4. The Kier molecular flexibility index (Phi) is 2.08. The van der Waals surface area contributed by atoms with Crippen LogP contribution in [0.4, 0.5) is 5.69 Å². The quantitative estimate of drug-likeness (QED) is 0.804. The Hall–Kier alpha value is -1.39. The van der Waals surface area contributed by atoms with Crippen LogP contribution in [0.1, 0.15) is 11.1 Å². The van der Waals surface area contributed by atoms with Crippen molar-refractivity contribution in [3.05, 3.63) is 29.3 Å². The minimum absolute atomic E-state index is 0.103. The summed E-state index contributed by atoms with van der Waals surface area (Å²) in [6, 6.07) is 6.40. The molecule has 0 unspecified atom stereocenters. The van der Waals surface area contributed by atoms with Gasteiger partial charge in [0.25, 0.3) is 0 Å². The predicted octanol–water partition coefficient (Wildman–Crippen LogP) is 0.669. The van der Waals surface area contributed by atoms with Crippen LogP contribution in [-0.4, -0.2) is 32.2 Å². The number of hydrogen-bond donors (Lipinski definition) is 2. The Morgan fingerprint density at radius 3 is 2.72 bits per heavy atom. The highest BCUT2D eigenvalue weighted by molar-refractivity contribution is 5.99. The van der Waals surface area contributed by atoms with E-state index in [2.05, 4.69) is 22.8 Å². The number of carbonyl (C=O) groups is 1. The molecule has 2 saturated heterocycles. The van der Waals surface area contributed by atoms with Gasteiger partial charge in [-0.1, -0.05) is 12.1 Å². The van der Waals surface area contributed by atoms with E-state index in [1.54, 1.807) is 0 Å². The van der Waals surface area contributed by atoms with Gasteiger partial charge in [-0.05, 0) is 23.1 Å². The minimum atomic E-state index is 0.103. The van der Waals surface area contributed by atoms with Crippen LogP contribution in [0.5, 0.6) is 0 Å². The number of amides is 1. The van der Waals surface area contributed by atoms with Gasteiger partial charge >= 0.3 is 0 Å². The van der Waals surface area contributed by atoms with Crippen molar-refractivity contribution in [2.24, 2.45) is 5.92 Å². The van der Waals surface area contributed by atoms with Crippen molar-refractivity contribution in [1.82, 2.24) is 5.32 Å². The molecule has 0 aromatic heterocycles. The minimum Gasteiger partial charge on any atom is -0.379 e. The number of nitrogens with one attached hydrogen (secondary N) is 2. The highest BCUT2D eigenvalue weighted by Crippen LogP contribution is 2.42. The van der Waals surface area contributed by atoms with E-state index in [1.807, 2.05) is 6.07 Å². The molecule has 4 nitrogen and oxygen atoms in total. The van der Waals surface area contributed by atoms with Gasteiger partial charge in [-0.15, -0.1) is 0 Å². The van der Waals surface area contributed by atoms with E-state index in [9.17, 15) is 4.79 Å². The summed E-state index contributed by atoms with van der Waals surface area (Å²) < 4.78 is 5.48. The van der Waals surface area contributed by atoms with Crippen LogP contribution >= 0.6 is 0 Å². The SMILES string of the molecule is O=C1Cc2cc(C3(C4CNC4)COC3)ccc2N1. The lowest BCUT2D eigenvalue weighted by molar-refractivity contribution is -0.115. The summed E-state index contributed by atoms with van der Waals surface area (Å²) in [6.45, 7) is 3.80. The van der Waals surface area contributed by atoms with E-state index in [-0.39, 0.29) is 11.3 Å². The average molecular weight is 244 g/mol. The summed E-state index contributed by atoms with van der Waals surface area (Å²) in [5, 5.41) is 6.23. The maximum Gasteiger partial charge on any atom is 0.228 e. The number of ether oxygens (including phenoxy) is 1. The van der Waals surface area contributed by atoms with E-state index in [0.717, 1.165) is 37.6 Å². The molecule has 0 saturated carbocycles. The zero-order valence-corrected chi connectivity index (χ0v) is 10.2. The van der Waals surface area contributed by atoms with Gasteiger partial charge in [-0.25, -0.2) is 0 Å². The number of carbonyl (C=O) groups excluding carboxylic acids is 1. The third-order valence-corrected chi connectivity index (χ3v) is 4.59. The van der Waals surface area contributed by atoms with Gasteiger partial charge in [0.15, 0.2) is 0 Å². The molecule has 0 bridgehead atoms. The van der Waals surface area contributed by atoms with Crippen molar-refractivity contribution in [1.29, 1.82) is 0 Å². The molecule has 94 valence electrons. The largest absolute Gasteiger partial charge is 0.379 e. The first-order valence-corrected chi connectivity index (χ1v) is 6.50. The Morgan fingerprint density at radius 1 is 1.28 bits per heavy atom. The highest BCUT2D eigenvalue weighted by atomic mass is 16.5. The van der Waals surface area contributed by atoms with E-state index in [4.69, 9.17) is 4.74 Å². The number of benzene rings is 1. The van der Waals surface area contributed by atoms with Gasteiger partial charge in [0, 0.05) is 24.2 Å². The van der Waals surface area contributed by atoms with Crippen LogP contribution in [0.25, 0.3) is 0 Å². The van der Waals surface area contributed by atoms with Gasteiger partial charge in [-0.2, -0.15) is 0 Å². The van der Waals surface area contributed by atoms with Crippen molar-refractivity contribution in [2.75, 3.05) is 31.6 Å². The summed E-state index contributed by atoms with van der Waals surface area (Å²) in [5.74, 6) is 0.778. The van der Waals surface area contributed by atoms with Gasteiger partial charge in [0.2, 0.25) is 5.91 Å². The van der Waals surface area contributed by atoms with Gasteiger partial charge in [0.1, 0.15) is 0 Å². The summed E-state index contributed by atoms with van der Waals surface area (Å²) >= 11 is 0. The Bertz CT molecular complexity index is 519. The third kappa shape index (κ3) is 1.30. The van der Waals surface area contributed by atoms with E-state index in [1.165, 1.54) is 5.56 Å². The van der Waals surface area contributed by atoms with Crippen molar-refractivity contribution in [2.45, 2.75) is 11.8 Å². The monoisotopic (exact) mass is 244 g/mol. The molecule has 2 fully saturated rings. The average Bonchev–Trinajstić information content (AvgIpc) is 2.59. The topological polar surface area (TPSA) is 50.4 Å². The van der Waals surface area contributed by atoms with Crippen LogP contribution in [0.15, 0.2) is 18.2 Å². The zero-order chi connectivity index (χ0) is 12.2. The fourth-order valence-corrected chi connectivity index (χ4v) is 3.18. The molecule has 3 aliphatic rings. The van der Waals surface area contributed by atoms with Gasteiger partial charge < -0.3 is 15.4 Å². The maximum atomic E-state index is 11.4. The molecule has 4 heteroatoms. The molecule has 4 rings (SSSR count). The van der Waals surface area contributed by atoms with Crippen molar-refractivity contribution in [3.63, 3.8) is 0 Å². The highest BCUT2D eigenvalue weighted by Gasteiger charge is 2.49. The summed E-state index contributed by atoms with van der Waals surface area (Å²) in [6.07, 6.45) is 0.517. The predicted molar refractivity (Wildman–Crippen MR) is 67.6 cm³/mol. The van der Waals surface area contributed by atoms with Crippen LogP contribution in [0.3, 0.4) is 0 Å². The Labute approximate surface area is 106 Å². The van der Waals surface area contributed by atoms with Gasteiger partial charge in [-0.3, -0.25) is 4.79 Å². The van der Waals surface area contributed by atoms with E-state index in [0.29, 0.717) is 12.3 Å². The van der Waals surface area contributed by atoms with Crippen molar-refractivity contribution >= 4 is 11.6 Å². The lowest BCUT2D eigenvalue weighted by atomic mass is 9.66. The fourth-order valence-electron chi connectivity index (χ4n) is 3.18. The zero-order valence-electron chi connectivity index (χ0n) is 10.2. The van der Waals surface area contributed by atoms with E-state index >= 15 is 0 Å².